The maximum absolute atomic E-state index is 5.31. The van der Waals surface area contributed by atoms with Crippen LogP contribution in [0.25, 0.3) is 61.4 Å². The van der Waals surface area contributed by atoms with Gasteiger partial charge in [-0.05, 0) is 62.7 Å². The van der Waals surface area contributed by atoms with Gasteiger partial charge >= 0.3 is 0 Å². The minimum atomic E-state index is -0.0953. The van der Waals surface area contributed by atoms with Crippen molar-refractivity contribution in [3.8, 4) is 44.9 Å². The van der Waals surface area contributed by atoms with E-state index in [1.807, 2.05) is 12.2 Å². The number of hydrogen-bond acceptors (Lipinski definition) is 2. The molecule has 1 aliphatic rings. The molecular weight excluding hydrogens is 520 g/mol. The second-order valence-corrected chi connectivity index (χ2v) is 11.5. The highest BCUT2D eigenvalue weighted by Gasteiger charge is 2.37. The molecule has 206 valence electrons. The van der Waals surface area contributed by atoms with Crippen LogP contribution in [0.4, 0.5) is 0 Å². The third-order valence-electron chi connectivity index (χ3n) is 8.62. The fourth-order valence-corrected chi connectivity index (χ4v) is 6.48. The Labute approximate surface area is 253 Å². The van der Waals surface area contributed by atoms with Gasteiger partial charge in [0.15, 0.2) is 5.82 Å². The fraction of sp³-hybridized carbons (Fsp3) is 0.0732. The third-order valence-corrected chi connectivity index (χ3v) is 8.62. The Morgan fingerprint density at radius 3 is 2.14 bits per heavy atom. The number of hydrogen-bond donors (Lipinski definition) is 0. The fourth-order valence-electron chi connectivity index (χ4n) is 6.48. The Kier molecular flexibility index (Phi) is 6.48. The lowest BCUT2D eigenvalue weighted by Gasteiger charge is -2.21. The quantitative estimate of drug-likeness (QED) is 0.192. The van der Waals surface area contributed by atoms with Gasteiger partial charge in [0.1, 0.15) is 0 Å². The molecule has 2 heteroatoms. The van der Waals surface area contributed by atoms with Crippen molar-refractivity contribution >= 4 is 16.5 Å². The number of nitrogens with zero attached hydrogens (tertiary/aromatic N) is 2. The van der Waals surface area contributed by atoms with Crippen molar-refractivity contribution in [1.29, 1.82) is 0 Å². The van der Waals surface area contributed by atoms with Crippen molar-refractivity contribution in [2.24, 2.45) is 0 Å². The summed E-state index contributed by atoms with van der Waals surface area (Å²) in [6.45, 7) is 12.5. The summed E-state index contributed by atoms with van der Waals surface area (Å²) in [7, 11) is 0. The van der Waals surface area contributed by atoms with Crippen molar-refractivity contribution in [2.75, 3.05) is 0 Å². The van der Waals surface area contributed by atoms with E-state index in [-0.39, 0.29) is 5.41 Å². The summed E-state index contributed by atoms with van der Waals surface area (Å²) < 4.78 is 0. The molecular formula is C41H32N2. The molecule has 0 atom stereocenters. The van der Waals surface area contributed by atoms with Gasteiger partial charge in [-0.3, -0.25) is 0 Å². The highest BCUT2D eigenvalue weighted by atomic mass is 14.9. The van der Waals surface area contributed by atoms with Crippen LogP contribution in [0.3, 0.4) is 0 Å². The standard InChI is InChI=1S/C41H32N2/c1-5-14-27(6-2)29-17-12-18-30(25-29)31-19-13-20-32(26-31)40-42-36-24-23-35-37(33-21-10-11-22-34(33)41(35,3)4)38(36)39(43-40)28-15-8-7-9-16-28/h5-26H,1-2H2,3-4H3/b27-14+. The van der Waals surface area contributed by atoms with Gasteiger partial charge in [-0.25, -0.2) is 9.97 Å². The molecule has 0 bridgehead atoms. The smallest absolute Gasteiger partial charge is 0.160 e. The average molecular weight is 553 g/mol. The van der Waals surface area contributed by atoms with Crippen LogP contribution in [0.15, 0.2) is 147 Å². The highest BCUT2D eigenvalue weighted by Crippen LogP contribution is 2.52. The maximum atomic E-state index is 5.31. The summed E-state index contributed by atoms with van der Waals surface area (Å²) in [4.78, 5) is 10.5. The molecule has 7 rings (SSSR count). The first-order chi connectivity index (χ1) is 21.0. The van der Waals surface area contributed by atoms with E-state index in [1.54, 1.807) is 6.08 Å². The summed E-state index contributed by atoms with van der Waals surface area (Å²) in [6.07, 6.45) is 5.63. The van der Waals surface area contributed by atoms with Crippen LogP contribution >= 0.6 is 0 Å². The molecule has 0 unspecified atom stereocenters. The Morgan fingerprint density at radius 1 is 0.651 bits per heavy atom. The lowest BCUT2D eigenvalue weighted by molar-refractivity contribution is 0.661. The lowest BCUT2D eigenvalue weighted by Crippen LogP contribution is -2.14. The topological polar surface area (TPSA) is 25.8 Å². The van der Waals surface area contributed by atoms with Crippen LogP contribution in [0.1, 0.15) is 30.5 Å². The molecule has 6 aromatic rings. The predicted molar refractivity (Wildman–Crippen MR) is 182 cm³/mol. The molecule has 0 spiro atoms. The molecule has 1 aliphatic carbocycles. The molecule has 0 saturated carbocycles. The molecule has 0 N–H and O–H groups in total. The van der Waals surface area contributed by atoms with Gasteiger partial charge in [0, 0.05) is 21.9 Å². The summed E-state index contributed by atoms with van der Waals surface area (Å²) in [5.74, 6) is 0.716. The number of aromatic nitrogens is 2. The highest BCUT2D eigenvalue weighted by molar-refractivity contribution is 6.08. The number of allylic oxidation sites excluding steroid dienone is 4. The van der Waals surface area contributed by atoms with E-state index in [4.69, 9.17) is 9.97 Å². The lowest BCUT2D eigenvalue weighted by atomic mass is 9.82. The zero-order valence-corrected chi connectivity index (χ0v) is 24.5. The second-order valence-electron chi connectivity index (χ2n) is 11.5. The van der Waals surface area contributed by atoms with E-state index in [0.29, 0.717) is 5.82 Å². The van der Waals surface area contributed by atoms with Crippen molar-refractivity contribution in [3.63, 3.8) is 0 Å². The summed E-state index contributed by atoms with van der Waals surface area (Å²) in [6, 6.07) is 40.7. The number of fused-ring (bicyclic) bond motifs is 5. The van der Waals surface area contributed by atoms with Crippen molar-refractivity contribution < 1.29 is 0 Å². The van der Waals surface area contributed by atoms with E-state index >= 15 is 0 Å². The Hall–Kier alpha value is -5.34. The van der Waals surface area contributed by atoms with Crippen LogP contribution in [-0.4, -0.2) is 9.97 Å². The zero-order valence-electron chi connectivity index (χ0n) is 24.5. The van der Waals surface area contributed by atoms with E-state index in [1.165, 1.54) is 22.3 Å². The third kappa shape index (κ3) is 4.43. The molecule has 1 aromatic heterocycles. The van der Waals surface area contributed by atoms with E-state index in [9.17, 15) is 0 Å². The van der Waals surface area contributed by atoms with E-state index < -0.39 is 0 Å². The van der Waals surface area contributed by atoms with Crippen LogP contribution in [0.5, 0.6) is 0 Å². The minimum absolute atomic E-state index is 0.0953. The van der Waals surface area contributed by atoms with E-state index in [0.717, 1.165) is 50.0 Å². The predicted octanol–water partition coefficient (Wildman–Crippen LogP) is 10.7. The Balaban J connectivity index is 1.44. The van der Waals surface area contributed by atoms with Crippen LogP contribution in [0, 0.1) is 0 Å². The van der Waals surface area contributed by atoms with E-state index in [2.05, 4.69) is 142 Å². The molecule has 2 nitrogen and oxygen atoms in total. The van der Waals surface area contributed by atoms with Gasteiger partial charge in [0.2, 0.25) is 0 Å². The Morgan fingerprint density at radius 2 is 1.35 bits per heavy atom. The summed E-state index contributed by atoms with van der Waals surface area (Å²) in [5, 5.41) is 1.11. The molecule has 0 saturated heterocycles. The first kappa shape index (κ1) is 26.6. The largest absolute Gasteiger partial charge is 0.228 e. The molecule has 43 heavy (non-hydrogen) atoms. The van der Waals surface area contributed by atoms with Gasteiger partial charge in [0.05, 0.1) is 11.2 Å². The Bertz CT molecular complexity index is 2080. The van der Waals surface area contributed by atoms with Gasteiger partial charge in [0.25, 0.3) is 0 Å². The molecule has 5 aromatic carbocycles. The second kappa shape index (κ2) is 10.5. The number of benzene rings is 5. The molecule has 1 heterocycles. The minimum Gasteiger partial charge on any atom is -0.228 e. The molecule has 0 aliphatic heterocycles. The van der Waals surface area contributed by atoms with Crippen molar-refractivity contribution in [2.45, 2.75) is 19.3 Å². The SMILES string of the molecule is C=C/C=C(\C=C)c1cccc(-c2cccc(-c3nc(-c4ccccc4)c4c5c(ccc4n3)C(C)(C)c3ccccc3-5)c2)c1. The van der Waals surface area contributed by atoms with Gasteiger partial charge < -0.3 is 0 Å². The number of rotatable bonds is 6. The zero-order chi connectivity index (χ0) is 29.6. The molecule has 0 fully saturated rings. The average Bonchev–Trinajstić information content (AvgIpc) is 3.30. The summed E-state index contributed by atoms with van der Waals surface area (Å²) in [5.41, 5.74) is 13.4. The maximum Gasteiger partial charge on any atom is 0.160 e. The normalized spacial score (nSPS) is 13.4. The summed E-state index contributed by atoms with van der Waals surface area (Å²) >= 11 is 0. The van der Waals surface area contributed by atoms with Crippen LogP contribution in [0.2, 0.25) is 0 Å². The van der Waals surface area contributed by atoms with Crippen LogP contribution < -0.4 is 0 Å². The monoisotopic (exact) mass is 552 g/mol. The van der Waals surface area contributed by atoms with Gasteiger partial charge in [-0.15, -0.1) is 0 Å². The van der Waals surface area contributed by atoms with Crippen molar-refractivity contribution in [1.82, 2.24) is 9.97 Å². The van der Waals surface area contributed by atoms with Crippen LogP contribution in [-0.2, 0) is 5.41 Å². The van der Waals surface area contributed by atoms with Crippen molar-refractivity contribution in [3.05, 3.63) is 163 Å². The molecule has 0 amide bonds. The first-order valence-corrected chi connectivity index (χ1v) is 14.7. The van der Waals surface area contributed by atoms with Gasteiger partial charge in [-0.2, -0.15) is 0 Å². The molecule has 0 radical (unpaired) electrons. The van der Waals surface area contributed by atoms with Gasteiger partial charge in [-0.1, -0.05) is 142 Å². The first-order valence-electron chi connectivity index (χ1n) is 14.7.